The van der Waals surface area contributed by atoms with E-state index in [1.807, 2.05) is 18.7 Å². The molecule has 122 valence electrons. The zero-order valence-electron chi connectivity index (χ0n) is 13.0. The number of hydrogen-bond donors (Lipinski definition) is 0. The maximum absolute atomic E-state index is 12.9. The fraction of sp³-hybridized carbons (Fsp3) is 0.933. The SMILES string of the molecule is CC(C)(CCl)C(=O)N(C1CCCCC1)C1CCS(=O)(=O)C1. The molecule has 1 saturated heterocycles. The van der Waals surface area contributed by atoms with Crippen LogP contribution in [0, 0.1) is 5.41 Å². The smallest absolute Gasteiger partial charge is 0.229 e. The summed E-state index contributed by atoms with van der Waals surface area (Å²) in [6.45, 7) is 3.70. The number of carbonyl (C=O) groups is 1. The van der Waals surface area contributed by atoms with Crippen molar-refractivity contribution in [1.29, 1.82) is 0 Å². The molecule has 2 rings (SSSR count). The summed E-state index contributed by atoms with van der Waals surface area (Å²) in [6, 6.07) is 0.0279. The highest BCUT2D eigenvalue weighted by Crippen LogP contribution is 2.32. The molecule has 0 aromatic rings. The average Bonchev–Trinajstić information content (AvgIpc) is 2.80. The molecule has 0 aromatic carbocycles. The van der Waals surface area contributed by atoms with Gasteiger partial charge in [0.05, 0.1) is 16.9 Å². The molecule has 1 heterocycles. The van der Waals surface area contributed by atoms with Crippen LogP contribution in [0.25, 0.3) is 0 Å². The third kappa shape index (κ3) is 3.92. The highest BCUT2D eigenvalue weighted by Gasteiger charge is 2.42. The molecule has 1 saturated carbocycles. The molecule has 1 aliphatic heterocycles. The second kappa shape index (κ2) is 6.45. The molecular formula is C15H26ClNO3S. The Kier molecular flexibility index (Phi) is 5.24. The summed E-state index contributed by atoms with van der Waals surface area (Å²) < 4.78 is 23.6. The van der Waals surface area contributed by atoms with Gasteiger partial charge >= 0.3 is 0 Å². The van der Waals surface area contributed by atoms with Crippen molar-refractivity contribution in [2.45, 2.75) is 64.5 Å². The van der Waals surface area contributed by atoms with Gasteiger partial charge in [-0.2, -0.15) is 0 Å². The van der Waals surface area contributed by atoms with Crippen LogP contribution >= 0.6 is 11.6 Å². The van der Waals surface area contributed by atoms with Crippen LogP contribution in [0.5, 0.6) is 0 Å². The summed E-state index contributed by atoms with van der Waals surface area (Å²) in [4.78, 5) is 14.8. The van der Waals surface area contributed by atoms with Gasteiger partial charge in [-0.25, -0.2) is 8.42 Å². The number of hydrogen-bond acceptors (Lipinski definition) is 3. The molecule has 0 radical (unpaired) electrons. The van der Waals surface area contributed by atoms with E-state index < -0.39 is 15.3 Å². The fourth-order valence-electron chi connectivity index (χ4n) is 3.39. The Balaban J connectivity index is 2.24. The van der Waals surface area contributed by atoms with Crippen LogP contribution in [0.15, 0.2) is 0 Å². The van der Waals surface area contributed by atoms with E-state index in [0.717, 1.165) is 25.7 Å². The van der Waals surface area contributed by atoms with Gasteiger partial charge in [-0.1, -0.05) is 19.3 Å². The first kappa shape index (κ1) is 17.1. The third-order valence-electron chi connectivity index (χ3n) is 4.72. The normalized spacial score (nSPS) is 26.7. The Morgan fingerprint density at radius 3 is 2.24 bits per heavy atom. The highest BCUT2D eigenvalue weighted by molar-refractivity contribution is 7.91. The number of carbonyl (C=O) groups excluding carboxylic acids is 1. The van der Waals surface area contributed by atoms with Crippen LogP contribution in [0.3, 0.4) is 0 Å². The summed E-state index contributed by atoms with van der Waals surface area (Å²) in [6.07, 6.45) is 6.00. The van der Waals surface area contributed by atoms with E-state index in [-0.39, 0.29) is 35.4 Å². The summed E-state index contributed by atoms with van der Waals surface area (Å²) in [5, 5.41) is 0. The van der Waals surface area contributed by atoms with E-state index >= 15 is 0 Å². The average molecular weight is 336 g/mol. The van der Waals surface area contributed by atoms with E-state index in [4.69, 9.17) is 11.6 Å². The van der Waals surface area contributed by atoms with Gasteiger partial charge in [-0.05, 0) is 33.1 Å². The lowest BCUT2D eigenvalue weighted by atomic mass is 9.88. The summed E-state index contributed by atoms with van der Waals surface area (Å²) in [7, 11) is -2.99. The maximum Gasteiger partial charge on any atom is 0.229 e. The van der Waals surface area contributed by atoms with Crippen molar-refractivity contribution in [3.63, 3.8) is 0 Å². The van der Waals surface area contributed by atoms with E-state index in [0.29, 0.717) is 6.42 Å². The van der Waals surface area contributed by atoms with Crippen molar-refractivity contribution in [2.75, 3.05) is 17.4 Å². The van der Waals surface area contributed by atoms with Crippen molar-refractivity contribution >= 4 is 27.3 Å². The Morgan fingerprint density at radius 1 is 1.14 bits per heavy atom. The first-order valence-electron chi connectivity index (χ1n) is 7.86. The second-order valence-corrected chi connectivity index (χ2v) is 9.57. The largest absolute Gasteiger partial charge is 0.335 e. The van der Waals surface area contributed by atoms with E-state index in [2.05, 4.69) is 0 Å². The molecule has 2 aliphatic rings. The molecule has 0 bridgehead atoms. The Bertz CT molecular complexity index is 483. The number of halogens is 1. The molecule has 1 amide bonds. The van der Waals surface area contributed by atoms with Gasteiger partial charge in [0.15, 0.2) is 9.84 Å². The molecular weight excluding hydrogens is 310 g/mol. The van der Waals surface area contributed by atoms with Gasteiger partial charge in [0, 0.05) is 18.0 Å². The number of amides is 1. The van der Waals surface area contributed by atoms with Crippen molar-refractivity contribution in [1.82, 2.24) is 4.90 Å². The Hall–Kier alpha value is -0.290. The summed E-state index contributed by atoms with van der Waals surface area (Å²) >= 11 is 5.97. The fourth-order valence-corrected chi connectivity index (χ4v) is 5.22. The van der Waals surface area contributed by atoms with E-state index in [1.165, 1.54) is 6.42 Å². The first-order valence-corrected chi connectivity index (χ1v) is 10.2. The van der Waals surface area contributed by atoms with Crippen molar-refractivity contribution in [2.24, 2.45) is 5.41 Å². The minimum Gasteiger partial charge on any atom is -0.335 e. The first-order chi connectivity index (χ1) is 9.77. The van der Waals surface area contributed by atoms with Gasteiger partial charge in [0.1, 0.15) is 0 Å². The van der Waals surface area contributed by atoms with Crippen LogP contribution in [-0.4, -0.2) is 48.7 Å². The molecule has 21 heavy (non-hydrogen) atoms. The van der Waals surface area contributed by atoms with Crippen molar-refractivity contribution < 1.29 is 13.2 Å². The number of alkyl halides is 1. The van der Waals surface area contributed by atoms with E-state index in [9.17, 15) is 13.2 Å². The van der Waals surface area contributed by atoms with Crippen LogP contribution < -0.4 is 0 Å². The highest BCUT2D eigenvalue weighted by atomic mass is 35.5. The van der Waals surface area contributed by atoms with Crippen molar-refractivity contribution in [3.8, 4) is 0 Å². The molecule has 4 nitrogen and oxygen atoms in total. The number of sulfone groups is 1. The standard InChI is InChI=1S/C15H26ClNO3S/c1-15(2,11-16)14(18)17(12-6-4-3-5-7-12)13-8-9-21(19,20)10-13/h12-13H,3-11H2,1-2H3. The lowest BCUT2D eigenvalue weighted by Crippen LogP contribution is -2.53. The molecule has 1 unspecified atom stereocenters. The topological polar surface area (TPSA) is 54.5 Å². The zero-order valence-corrected chi connectivity index (χ0v) is 14.5. The van der Waals surface area contributed by atoms with Gasteiger partial charge in [0.2, 0.25) is 5.91 Å². The summed E-state index contributed by atoms with van der Waals surface area (Å²) in [5.74, 6) is 0.601. The lowest BCUT2D eigenvalue weighted by molar-refractivity contribution is -0.144. The predicted molar refractivity (Wildman–Crippen MR) is 85.3 cm³/mol. The minimum absolute atomic E-state index is 0.0199. The molecule has 1 aliphatic carbocycles. The van der Waals surface area contributed by atoms with Gasteiger partial charge < -0.3 is 4.90 Å². The third-order valence-corrected chi connectivity index (χ3v) is 7.14. The number of rotatable bonds is 4. The molecule has 0 aromatic heterocycles. The summed E-state index contributed by atoms with van der Waals surface area (Å²) in [5.41, 5.74) is -0.634. The van der Waals surface area contributed by atoms with Crippen LogP contribution in [-0.2, 0) is 14.6 Å². The lowest BCUT2D eigenvalue weighted by Gasteiger charge is -2.42. The van der Waals surface area contributed by atoms with Gasteiger partial charge in [-0.3, -0.25) is 4.79 Å². The molecule has 0 N–H and O–H groups in total. The molecule has 1 atom stereocenters. The van der Waals surface area contributed by atoms with Gasteiger partial charge in [0.25, 0.3) is 0 Å². The minimum atomic E-state index is -2.99. The maximum atomic E-state index is 12.9. The van der Waals surface area contributed by atoms with Crippen LogP contribution in [0.2, 0.25) is 0 Å². The molecule has 0 spiro atoms. The molecule has 2 fully saturated rings. The van der Waals surface area contributed by atoms with E-state index in [1.54, 1.807) is 0 Å². The second-order valence-electron chi connectivity index (χ2n) is 7.08. The Morgan fingerprint density at radius 2 is 1.76 bits per heavy atom. The Labute approximate surface area is 133 Å². The number of nitrogens with zero attached hydrogens (tertiary/aromatic N) is 1. The van der Waals surface area contributed by atoms with Crippen LogP contribution in [0.1, 0.15) is 52.4 Å². The van der Waals surface area contributed by atoms with Gasteiger partial charge in [-0.15, -0.1) is 11.6 Å². The quantitative estimate of drug-likeness (QED) is 0.742. The van der Waals surface area contributed by atoms with Crippen molar-refractivity contribution in [3.05, 3.63) is 0 Å². The van der Waals surface area contributed by atoms with Crippen LogP contribution in [0.4, 0.5) is 0 Å². The predicted octanol–water partition coefficient (Wildman–Crippen LogP) is 2.60. The zero-order chi connectivity index (χ0) is 15.7. The monoisotopic (exact) mass is 335 g/mol. The molecule has 6 heteroatoms.